The monoisotopic (exact) mass is 397 g/mol. The van der Waals surface area contributed by atoms with Gasteiger partial charge in [-0.2, -0.15) is 5.26 Å². The van der Waals surface area contributed by atoms with Gasteiger partial charge in [0.25, 0.3) is 5.91 Å². The molecule has 2 heterocycles. The van der Waals surface area contributed by atoms with Crippen LogP contribution in [0, 0.1) is 18.3 Å². The third kappa shape index (κ3) is 4.24. The first-order valence-electron chi connectivity index (χ1n) is 8.34. The fourth-order valence-corrected chi connectivity index (χ4v) is 2.85. The number of aromatic nitrogens is 1. The van der Waals surface area contributed by atoms with E-state index >= 15 is 0 Å². The third-order valence-electron chi connectivity index (χ3n) is 3.93. The summed E-state index contributed by atoms with van der Waals surface area (Å²) in [5, 5.41) is 12.7. The highest BCUT2D eigenvalue weighted by Crippen LogP contribution is 2.26. The van der Waals surface area contributed by atoms with E-state index in [1.54, 1.807) is 54.2 Å². The van der Waals surface area contributed by atoms with Gasteiger partial charge in [-0.15, -0.1) is 0 Å². The smallest absolute Gasteiger partial charge is 0.343 e. The molecule has 0 fully saturated rings. The van der Waals surface area contributed by atoms with Gasteiger partial charge in [0, 0.05) is 24.0 Å². The molecular weight excluding hydrogens is 382 g/mol. The van der Waals surface area contributed by atoms with E-state index in [0.29, 0.717) is 5.02 Å². The van der Waals surface area contributed by atoms with Crippen LogP contribution in [0.3, 0.4) is 0 Å². The lowest BCUT2D eigenvalue weighted by Crippen LogP contribution is -2.28. The Morgan fingerprint density at radius 2 is 2.04 bits per heavy atom. The number of hydrogen-bond acceptors (Lipinski definition) is 5. The Morgan fingerprint density at radius 1 is 1.29 bits per heavy atom. The van der Waals surface area contributed by atoms with Crippen LogP contribution in [0.25, 0.3) is 5.88 Å². The molecule has 1 amide bonds. The van der Waals surface area contributed by atoms with E-state index in [2.05, 4.69) is 5.32 Å². The number of nitriles is 1. The Kier molecular flexibility index (Phi) is 5.82. The summed E-state index contributed by atoms with van der Waals surface area (Å²) in [6.45, 7) is 1.33. The zero-order chi connectivity index (χ0) is 20.1. The maximum absolute atomic E-state index is 12.4. The molecule has 8 heteroatoms. The van der Waals surface area contributed by atoms with Crippen molar-refractivity contribution in [2.75, 3.05) is 6.61 Å². The number of carbonyl (C=O) groups excluding carboxylic acids is 2. The topological polar surface area (TPSA) is 97.3 Å². The van der Waals surface area contributed by atoms with Gasteiger partial charge in [-0.3, -0.25) is 9.36 Å². The van der Waals surface area contributed by atoms with Crippen molar-refractivity contribution in [3.63, 3.8) is 0 Å². The van der Waals surface area contributed by atoms with E-state index in [1.807, 2.05) is 12.1 Å². The largest absolute Gasteiger partial charge is 0.452 e. The Hall–Kier alpha value is -3.50. The number of furan rings is 1. The van der Waals surface area contributed by atoms with E-state index in [0.717, 1.165) is 5.56 Å². The van der Waals surface area contributed by atoms with Gasteiger partial charge >= 0.3 is 5.97 Å². The fourth-order valence-electron chi connectivity index (χ4n) is 2.63. The lowest BCUT2D eigenvalue weighted by Gasteiger charge is -2.07. The van der Waals surface area contributed by atoms with E-state index in [9.17, 15) is 14.9 Å². The number of aryl methyl sites for hydroxylation is 1. The van der Waals surface area contributed by atoms with Crippen molar-refractivity contribution in [3.05, 3.63) is 76.3 Å². The highest BCUT2D eigenvalue weighted by atomic mass is 35.5. The first-order chi connectivity index (χ1) is 13.5. The van der Waals surface area contributed by atoms with Gasteiger partial charge in [-0.1, -0.05) is 23.7 Å². The van der Waals surface area contributed by atoms with Crippen LogP contribution in [0.5, 0.6) is 0 Å². The number of rotatable bonds is 6. The molecular formula is C20H16ClN3O4. The van der Waals surface area contributed by atoms with Crippen molar-refractivity contribution in [1.82, 2.24) is 9.88 Å². The van der Waals surface area contributed by atoms with Crippen molar-refractivity contribution < 1.29 is 18.7 Å². The van der Waals surface area contributed by atoms with Crippen molar-refractivity contribution in [2.24, 2.45) is 0 Å². The number of ether oxygens (including phenoxy) is 1. The van der Waals surface area contributed by atoms with Crippen LogP contribution in [-0.2, 0) is 16.1 Å². The summed E-state index contributed by atoms with van der Waals surface area (Å²) in [5.74, 6) is -0.806. The van der Waals surface area contributed by atoms with Gasteiger partial charge in [0.05, 0.1) is 0 Å². The maximum Gasteiger partial charge on any atom is 0.343 e. The number of amides is 1. The van der Waals surface area contributed by atoms with Gasteiger partial charge in [-0.05, 0) is 36.8 Å². The maximum atomic E-state index is 12.4. The van der Waals surface area contributed by atoms with Gasteiger partial charge in [0.1, 0.15) is 23.0 Å². The van der Waals surface area contributed by atoms with Crippen LogP contribution in [0.1, 0.15) is 27.2 Å². The summed E-state index contributed by atoms with van der Waals surface area (Å²) in [5.41, 5.74) is 0.882. The number of halogens is 1. The predicted octanol–water partition coefficient (Wildman–Crippen LogP) is 3.38. The Bertz CT molecular complexity index is 1050. The highest BCUT2D eigenvalue weighted by Gasteiger charge is 2.26. The molecule has 0 aliphatic carbocycles. The zero-order valence-corrected chi connectivity index (χ0v) is 15.7. The molecule has 3 rings (SSSR count). The third-order valence-corrected chi connectivity index (χ3v) is 4.17. The summed E-state index contributed by atoms with van der Waals surface area (Å²) >= 11 is 5.89. The Balaban J connectivity index is 1.63. The molecule has 3 aromatic rings. The number of nitrogens with one attached hydrogen (secondary N) is 1. The van der Waals surface area contributed by atoms with Gasteiger partial charge in [0.2, 0.25) is 5.88 Å². The molecule has 0 unspecified atom stereocenters. The lowest BCUT2D eigenvalue weighted by atomic mass is 10.1. The van der Waals surface area contributed by atoms with Crippen molar-refractivity contribution >= 4 is 23.5 Å². The van der Waals surface area contributed by atoms with Crippen LogP contribution in [0.2, 0.25) is 5.02 Å². The minimum Gasteiger partial charge on any atom is -0.452 e. The molecule has 142 valence electrons. The minimum atomic E-state index is -0.797. The number of carbonyl (C=O) groups is 2. The summed E-state index contributed by atoms with van der Waals surface area (Å²) in [4.78, 5) is 24.4. The molecule has 0 saturated carbocycles. The van der Waals surface area contributed by atoms with Crippen molar-refractivity contribution in [1.29, 1.82) is 5.26 Å². The SMILES string of the molecule is Cc1oc(-n2cccc2)c(C#N)c1C(=O)OCC(=O)NCc1cccc(Cl)c1. The molecule has 0 bridgehead atoms. The summed E-state index contributed by atoms with van der Waals surface area (Å²) in [7, 11) is 0. The van der Waals surface area contributed by atoms with E-state index in [1.165, 1.54) is 0 Å². The summed E-state index contributed by atoms with van der Waals surface area (Å²) in [6.07, 6.45) is 3.38. The van der Waals surface area contributed by atoms with Crippen LogP contribution in [-0.4, -0.2) is 23.1 Å². The zero-order valence-electron chi connectivity index (χ0n) is 14.9. The number of hydrogen-bond donors (Lipinski definition) is 1. The first kappa shape index (κ1) is 19.3. The number of esters is 1. The van der Waals surface area contributed by atoms with Gasteiger partial charge in [0.15, 0.2) is 6.61 Å². The van der Waals surface area contributed by atoms with Crippen LogP contribution < -0.4 is 5.32 Å². The Morgan fingerprint density at radius 3 is 2.71 bits per heavy atom. The highest BCUT2D eigenvalue weighted by molar-refractivity contribution is 6.30. The minimum absolute atomic E-state index is 0.00819. The molecule has 1 aromatic carbocycles. The Labute approximate surface area is 166 Å². The molecule has 2 aromatic heterocycles. The standard InChI is InChI=1S/C20H16ClN3O4/c1-13-18(16(10-22)19(28-13)24-7-2-3-8-24)20(26)27-12-17(25)23-11-14-5-4-6-15(21)9-14/h2-9H,11-12H2,1H3,(H,23,25). The molecule has 0 saturated heterocycles. The fraction of sp³-hybridized carbons (Fsp3) is 0.150. The van der Waals surface area contributed by atoms with Crippen LogP contribution in [0.15, 0.2) is 53.2 Å². The molecule has 1 N–H and O–H groups in total. The van der Waals surface area contributed by atoms with E-state index < -0.39 is 18.5 Å². The summed E-state index contributed by atoms with van der Waals surface area (Å²) < 4.78 is 12.2. The molecule has 28 heavy (non-hydrogen) atoms. The molecule has 0 aliphatic rings. The molecule has 0 radical (unpaired) electrons. The average Bonchev–Trinajstić information content (AvgIpc) is 3.31. The lowest BCUT2D eigenvalue weighted by molar-refractivity contribution is -0.124. The first-order valence-corrected chi connectivity index (χ1v) is 8.72. The molecule has 0 aliphatic heterocycles. The summed E-state index contributed by atoms with van der Waals surface area (Å²) in [6, 6.07) is 12.5. The van der Waals surface area contributed by atoms with Crippen LogP contribution in [0.4, 0.5) is 0 Å². The quantitative estimate of drug-likeness (QED) is 0.643. The molecule has 0 atom stereocenters. The molecule has 0 spiro atoms. The number of benzene rings is 1. The number of nitrogens with zero attached hydrogens (tertiary/aromatic N) is 2. The predicted molar refractivity (Wildman–Crippen MR) is 101 cm³/mol. The van der Waals surface area contributed by atoms with Crippen LogP contribution >= 0.6 is 11.6 Å². The average molecular weight is 398 g/mol. The molecule has 7 nitrogen and oxygen atoms in total. The van der Waals surface area contributed by atoms with Gasteiger partial charge in [-0.25, -0.2) is 4.79 Å². The second-order valence-electron chi connectivity index (χ2n) is 5.90. The van der Waals surface area contributed by atoms with Crippen molar-refractivity contribution in [3.8, 4) is 12.0 Å². The van der Waals surface area contributed by atoms with Gasteiger partial charge < -0.3 is 14.5 Å². The van der Waals surface area contributed by atoms with E-state index in [4.69, 9.17) is 20.8 Å². The second kappa shape index (κ2) is 8.46. The normalized spacial score (nSPS) is 10.3. The van der Waals surface area contributed by atoms with E-state index in [-0.39, 0.29) is 29.3 Å². The second-order valence-corrected chi connectivity index (χ2v) is 6.33. The van der Waals surface area contributed by atoms with Crippen molar-refractivity contribution in [2.45, 2.75) is 13.5 Å².